The van der Waals surface area contributed by atoms with E-state index in [1.165, 1.54) is 24.8 Å². The summed E-state index contributed by atoms with van der Waals surface area (Å²) in [5, 5.41) is 21.3. The maximum atomic E-state index is 12.9. The van der Waals surface area contributed by atoms with Crippen LogP contribution in [0.5, 0.6) is 0 Å². The summed E-state index contributed by atoms with van der Waals surface area (Å²) in [5.41, 5.74) is 2.56. The molecule has 1 saturated carbocycles. The van der Waals surface area contributed by atoms with Gasteiger partial charge in [0, 0.05) is 17.9 Å². The summed E-state index contributed by atoms with van der Waals surface area (Å²) in [6, 6.07) is 19.7. The first-order valence-corrected chi connectivity index (χ1v) is 12.3. The molecule has 0 radical (unpaired) electrons. The maximum absolute atomic E-state index is 12.9. The van der Waals surface area contributed by atoms with Crippen LogP contribution in [0.15, 0.2) is 66.7 Å². The van der Waals surface area contributed by atoms with Crippen molar-refractivity contribution in [2.24, 2.45) is 0 Å². The molecule has 1 unspecified atom stereocenters. The molecule has 1 amide bonds. The number of hydrogen-bond donors (Lipinski definition) is 2. The molecule has 6 heteroatoms. The van der Waals surface area contributed by atoms with E-state index in [1.54, 1.807) is 6.07 Å². The molecule has 2 N–H and O–H groups in total. The van der Waals surface area contributed by atoms with Crippen molar-refractivity contribution in [3.05, 3.63) is 83.4 Å². The standard InChI is InChI=1S/C30H29NO5/c32-28(17-13-21-10-14-24-8-4-5-9-26(24)18-21)31(20-29(33)34)27(30(35)36)19-22-11-15-25(16-12-22)23-6-2-1-3-7-23/h4-5,8-12,14-16,18,23,27H,1-3,6-7,19-20H2,(H,33,34)(H,35,36). The molecule has 0 bridgehead atoms. The number of hydrogen-bond acceptors (Lipinski definition) is 3. The Morgan fingerprint density at radius 2 is 1.58 bits per heavy atom. The van der Waals surface area contributed by atoms with Crippen LogP contribution in [0.2, 0.25) is 0 Å². The fourth-order valence-electron chi connectivity index (χ4n) is 4.85. The van der Waals surface area contributed by atoms with E-state index in [0.717, 1.165) is 34.1 Å². The number of carbonyl (C=O) groups excluding carboxylic acids is 1. The molecular formula is C30H29NO5. The topological polar surface area (TPSA) is 94.9 Å². The van der Waals surface area contributed by atoms with Gasteiger partial charge < -0.3 is 15.1 Å². The van der Waals surface area contributed by atoms with Crippen LogP contribution in [-0.2, 0) is 20.8 Å². The molecule has 0 aliphatic heterocycles. The Morgan fingerprint density at radius 1 is 0.889 bits per heavy atom. The SMILES string of the molecule is O=C(O)CN(C(=O)C#Cc1ccc2ccccc2c1)C(Cc1ccc(C2CCCCC2)cc1)C(=O)O. The summed E-state index contributed by atoms with van der Waals surface area (Å²) in [6.07, 6.45) is 6.03. The highest BCUT2D eigenvalue weighted by atomic mass is 16.4. The Bertz CT molecular complexity index is 1310. The Hall–Kier alpha value is -4.11. The van der Waals surface area contributed by atoms with Crippen molar-refractivity contribution in [2.45, 2.75) is 50.5 Å². The lowest BCUT2D eigenvalue weighted by molar-refractivity contribution is -0.152. The van der Waals surface area contributed by atoms with Crippen LogP contribution < -0.4 is 0 Å². The van der Waals surface area contributed by atoms with Gasteiger partial charge in [-0.05, 0) is 52.8 Å². The van der Waals surface area contributed by atoms with Gasteiger partial charge in [-0.25, -0.2) is 4.79 Å². The van der Waals surface area contributed by atoms with Crippen LogP contribution >= 0.6 is 0 Å². The highest BCUT2D eigenvalue weighted by Gasteiger charge is 2.31. The monoisotopic (exact) mass is 483 g/mol. The Kier molecular flexibility index (Phi) is 8.02. The quantitative estimate of drug-likeness (QED) is 0.469. The van der Waals surface area contributed by atoms with E-state index in [9.17, 15) is 24.6 Å². The van der Waals surface area contributed by atoms with E-state index in [4.69, 9.17) is 0 Å². The van der Waals surface area contributed by atoms with Gasteiger partial charge in [-0.2, -0.15) is 0 Å². The zero-order valence-corrected chi connectivity index (χ0v) is 20.0. The summed E-state index contributed by atoms with van der Waals surface area (Å²) >= 11 is 0. The second-order valence-corrected chi connectivity index (χ2v) is 9.27. The molecule has 6 nitrogen and oxygen atoms in total. The number of carboxylic acid groups (broad SMARTS) is 2. The van der Waals surface area contributed by atoms with E-state index in [2.05, 4.69) is 11.8 Å². The average Bonchev–Trinajstić information content (AvgIpc) is 2.89. The summed E-state index contributed by atoms with van der Waals surface area (Å²) in [7, 11) is 0. The highest BCUT2D eigenvalue weighted by molar-refractivity contribution is 5.98. The number of aliphatic carboxylic acids is 2. The summed E-state index contributed by atoms with van der Waals surface area (Å²) in [5.74, 6) is 2.34. The van der Waals surface area contributed by atoms with Gasteiger partial charge in [-0.3, -0.25) is 9.59 Å². The smallest absolute Gasteiger partial charge is 0.326 e. The van der Waals surface area contributed by atoms with Gasteiger partial charge in [-0.15, -0.1) is 0 Å². The third kappa shape index (κ3) is 6.31. The van der Waals surface area contributed by atoms with E-state index in [0.29, 0.717) is 11.5 Å². The summed E-state index contributed by atoms with van der Waals surface area (Å²) in [4.78, 5) is 37.4. The highest BCUT2D eigenvalue weighted by Crippen LogP contribution is 2.32. The van der Waals surface area contributed by atoms with E-state index in [1.807, 2.05) is 60.7 Å². The molecule has 3 aromatic rings. The molecule has 3 aromatic carbocycles. The Morgan fingerprint density at radius 3 is 2.25 bits per heavy atom. The predicted molar refractivity (Wildman–Crippen MR) is 138 cm³/mol. The van der Waals surface area contributed by atoms with E-state index in [-0.39, 0.29) is 6.42 Å². The zero-order valence-electron chi connectivity index (χ0n) is 20.0. The van der Waals surface area contributed by atoms with Crippen molar-refractivity contribution in [3.8, 4) is 11.8 Å². The number of benzene rings is 3. The molecule has 0 aromatic heterocycles. The first-order valence-electron chi connectivity index (χ1n) is 12.3. The molecule has 0 saturated heterocycles. The van der Waals surface area contributed by atoms with Crippen molar-refractivity contribution in [1.82, 2.24) is 4.90 Å². The largest absolute Gasteiger partial charge is 0.480 e. The van der Waals surface area contributed by atoms with Gasteiger partial charge >= 0.3 is 11.9 Å². The van der Waals surface area contributed by atoms with Gasteiger partial charge in [0.15, 0.2) is 0 Å². The third-order valence-electron chi connectivity index (χ3n) is 6.78. The van der Waals surface area contributed by atoms with Crippen LogP contribution in [0, 0.1) is 11.8 Å². The van der Waals surface area contributed by atoms with Crippen LogP contribution in [0.1, 0.15) is 54.7 Å². The number of amides is 1. The fraction of sp³-hybridized carbons (Fsp3) is 0.300. The Balaban J connectivity index is 1.53. The first kappa shape index (κ1) is 25.0. The molecule has 0 spiro atoms. The predicted octanol–water partition coefficient (Wildman–Crippen LogP) is 4.85. The van der Waals surface area contributed by atoms with Crippen molar-refractivity contribution in [1.29, 1.82) is 0 Å². The lowest BCUT2D eigenvalue weighted by atomic mass is 9.84. The van der Waals surface area contributed by atoms with E-state index >= 15 is 0 Å². The molecule has 1 aliphatic carbocycles. The minimum absolute atomic E-state index is 0.00302. The molecule has 1 atom stereocenters. The molecule has 4 rings (SSSR count). The Labute approximate surface area is 210 Å². The number of nitrogens with zero attached hydrogens (tertiary/aromatic N) is 1. The van der Waals surface area contributed by atoms with Crippen LogP contribution in [0.4, 0.5) is 0 Å². The normalized spacial score (nSPS) is 14.4. The van der Waals surface area contributed by atoms with E-state index < -0.39 is 30.4 Å². The van der Waals surface area contributed by atoms with Crippen LogP contribution in [0.25, 0.3) is 10.8 Å². The van der Waals surface area contributed by atoms with Gasteiger partial charge in [0.05, 0.1) is 0 Å². The second kappa shape index (κ2) is 11.5. The zero-order chi connectivity index (χ0) is 25.5. The van der Waals surface area contributed by atoms with Crippen molar-refractivity contribution < 1.29 is 24.6 Å². The number of rotatable bonds is 7. The minimum atomic E-state index is -1.35. The molecule has 1 aliphatic rings. The van der Waals surface area contributed by atoms with Crippen molar-refractivity contribution >= 4 is 28.6 Å². The molecule has 1 fully saturated rings. The first-order chi connectivity index (χ1) is 17.4. The van der Waals surface area contributed by atoms with Crippen molar-refractivity contribution in [3.63, 3.8) is 0 Å². The van der Waals surface area contributed by atoms with Gasteiger partial charge in [0.25, 0.3) is 5.91 Å². The maximum Gasteiger partial charge on any atom is 0.326 e. The average molecular weight is 484 g/mol. The lowest BCUT2D eigenvalue weighted by Crippen LogP contribution is -2.48. The molecule has 0 heterocycles. The molecular weight excluding hydrogens is 454 g/mol. The number of carbonyl (C=O) groups is 3. The molecule has 184 valence electrons. The van der Waals surface area contributed by atoms with Crippen LogP contribution in [0.3, 0.4) is 0 Å². The van der Waals surface area contributed by atoms with Gasteiger partial charge in [-0.1, -0.05) is 79.8 Å². The second-order valence-electron chi connectivity index (χ2n) is 9.27. The summed E-state index contributed by atoms with van der Waals surface area (Å²) in [6.45, 7) is -0.748. The summed E-state index contributed by atoms with van der Waals surface area (Å²) < 4.78 is 0. The number of fused-ring (bicyclic) bond motifs is 1. The molecule has 36 heavy (non-hydrogen) atoms. The third-order valence-corrected chi connectivity index (χ3v) is 6.78. The minimum Gasteiger partial charge on any atom is -0.480 e. The van der Waals surface area contributed by atoms with Gasteiger partial charge in [0.1, 0.15) is 12.6 Å². The van der Waals surface area contributed by atoms with Crippen LogP contribution in [-0.4, -0.2) is 45.5 Å². The fourth-order valence-corrected chi connectivity index (χ4v) is 4.85. The van der Waals surface area contributed by atoms with Gasteiger partial charge in [0.2, 0.25) is 0 Å². The van der Waals surface area contributed by atoms with Crippen molar-refractivity contribution in [2.75, 3.05) is 6.54 Å². The number of carboxylic acids is 2. The lowest BCUT2D eigenvalue weighted by Gasteiger charge is -2.26.